The van der Waals surface area contributed by atoms with E-state index in [1.54, 1.807) is 4.57 Å². The Balaban J connectivity index is 2.09. The molecule has 0 aliphatic carbocycles. The minimum absolute atomic E-state index is 0.118. The highest BCUT2D eigenvalue weighted by Crippen LogP contribution is 2.38. The van der Waals surface area contributed by atoms with Crippen LogP contribution in [0.2, 0.25) is 0 Å². The van der Waals surface area contributed by atoms with Crippen molar-refractivity contribution in [3.63, 3.8) is 0 Å². The maximum absolute atomic E-state index is 10.3. The van der Waals surface area contributed by atoms with E-state index in [1.807, 2.05) is 45.3 Å². The van der Waals surface area contributed by atoms with E-state index < -0.39 is 0 Å². The van der Waals surface area contributed by atoms with Gasteiger partial charge in [-0.1, -0.05) is 18.2 Å². The zero-order valence-electron chi connectivity index (χ0n) is 13.8. The molecule has 2 N–H and O–H groups in total. The first-order valence-electron chi connectivity index (χ1n) is 7.69. The number of thiocarbonyl (C=S) groups is 1. The van der Waals surface area contributed by atoms with Crippen LogP contribution in [-0.4, -0.2) is 46.9 Å². The minimum Gasteiger partial charge on any atom is -0.493 e. The van der Waals surface area contributed by atoms with Gasteiger partial charge in [0, 0.05) is 18.5 Å². The van der Waals surface area contributed by atoms with Crippen molar-refractivity contribution >= 4 is 33.9 Å². The molecule has 7 heteroatoms. The van der Waals surface area contributed by atoms with Gasteiger partial charge in [-0.2, -0.15) is 0 Å². The van der Waals surface area contributed by atoms with Gasteiger partial charge in [-0.05, 0) is 52.3 Å². The van der Waals surface area contributed by atoms with Crippen LogP contribution in [0.1, 0.15) is 13.3 Å². The van der Waals surface area contributed by atoms with Gasteiger partial charge in [0.05, 0.1) is 5.52 Å². The number of nitrogens with zero attached hydrogens (tertiary/aromatic N) is 4. The highest BCUT2D eigenvalue weighted by molar-refractivity contribution is 7.80. The van der Waals surface area contributed by atoms with Crippen molar-refractivity contribution in [1.29, 1.82) is 0 Å². The summed E-state index contributed by atoms with van der Waals surface area (Å²) in [4.78, 5) is 2.11. The lowest BCUT2D eigenvalue weighted by atomic mass is 10.2. The van der Waals surface area contributed by atoms with Gasteiger partial charge in [-0.25, -0.2) is 0 Å². The molecule has 6 nitrogen and oxygen atoms in total. The van der Waals surface area contributed by atoms with Gasteiger partial charge in [0.25, 0.3) is 0 Å². The van der Waals surface area contributed by atoms with Crippen LogP contribution in [0.25, 0.3) is 10.9 Å². The Morgan fingerprint density at radius 2 is 2.09 bits per heavy atom. The molecule has 124 valence electrons. The molecular formula is C16H23N5OS. The second-order valence-corrected chi connectivity index (χ2v) is 5.91. The molecule has 0 radical (unpaired) electrons. The summed E-state index contributed by atoms with van der Waals surface area (Å²) in [5, 5.41) is 22.8. The molecular weight excluding hydrogens is 310 g/mol. The Bertz CT molecular complexity index is 708. The van der Waals surface area contributed by atoms with E-state index in [0.29, 0.717) is 17.3 Å². The number of benzene rings is 1. The van der Waals surface area contributed by atoms with Crippen LogP contribution in [0.15, 0.2) is 34.5 Å². The van der Waals surface area contributed by atoms with Gasteiger partial charge < -0.3 is 19.9 Å². The molecule has 0 amide bonds. The third kappa shape index (κ3) is 4.27. The molecule has 2 aromatic rings. The quantitative estimate of drug-likeness (QED) is 0.484. The van der Waals surface area contributed by atoms with E-state index in [4.69, 9.17) is 12.2 Å². The van der Waals surface area contributed by atoms with Gasteiger partial charge in [-0.15, -0.1) is 10.2 Å². The Morgan fingerprint density at radius 3 is 2.78 bits per heavy atom. The standard InChI is InChI=1S/C16H23N5OS/c1-4-21-13-9-6-5-8-12(13)14(15(21)22)18-19-16(23)17-10-7-11-20(2)3/h5-6,8-9,22H,4,7,10-11H2,1-3H3,(H,17,23). The fraction of sp³-hybridized carbons (Fsp3) is 0.438. The molecule has 0 saturated carbocycles. The van der Waals surface area contributed by atoms with E-state index in [1.165, 1.54) is 0 Å². The Labute approximate surface area is 141 Å². The van der Waals surface area contributed by atoms with Crippen LogP contribution < -0.4 is 5.32 Å². The lowest BCUT2D eigenvalue weighted by Crippen LogP contribution is -2.24. The van der Waals surface area contributed by atoms with Crippen molar-refractivity contribution in [3.8, 4) is 5.88 Å². The monoisotopic (exact) mass is 333 g/mol. The summed E-state index contributed by atoms with van der Waals surface area (Å²) < 4.78 is 1.80. The highest BCUT2D eigenvalue weighted by Gasteiger charge is 2.15. The number of aromatic hydroxyl groups is 1. The van der Waals surface area contributed by atoms with E-state index in [0.717, 1.165) is 30.4 Å². The third-order valence-corrected chi connectivity index (χ3v) is 3.76. The topological polar surface area (TPSA) is 65.1 Å². The number of aromatic nitrogens is 1. The Kier molecular flexibility index (Phi) is 6.06. The molecule has 0 aliphatic rings. The Morgan fingerprint density at radius 1 is 1.35 bits per heavy atom. The van der Waals surface area contributed by atoms with Crippen molar-refractivity contribution in [2.24, 2.45) is 10.2 Å². The first kappa shape index (κ1) is 17.4. The summed E-state index contributed by atoms with van der Waals surface area (Å²) >= 11 is 5.16. The van der Waals surface area contributed by atoms with Crippen LogP contribution in [0, 0.1) is 0 Å². The molecule has 23 heavy (non-hydrogen) atoms. The maximum atomic E-state index is 10.3. The summed E-state index contributed by atoms with van der Waals surface area (Å²) in [7, 11) is 4.06. The van der Waals surface area contributed by atoms with Crippen LogP contribution in [0.3, 0.4) is 0 Å². The van der Waals surface area contributed by atoms with Gasteiger partial charge in [-0.3, -0.25) is 0 Å². The summed E-state index contributed by atoms with van der Waals surface area (Å²) in [6, 6.07) is 7.73. The number of azo groups is 1. The van der Waals surface area contributed by atoms with Crippen molar-refractivity contribution in [1.82, 2.24) is 14.8 Å². The average molecular weight is 333 g/mol. The number of hydrogen-bond acceptors (Lipinski definition) is 4. The molecule has 2 rings (SSSR count). The number of fused-ring (bicyclic) bond motifs is 1. The normalized spacial score (nSPS) is 11.7. The van der Waals surface area contributed by atoms with Crippen molar-refractivity contribution in [3.05, 3.63) is 24.3 Å². The first-order valence-corrected chi connectivity index (χ1v) is 8.10. The molecule has 0 spiro atoms. The molecule has 0 saturated heterocycles. The van der Waals surface area contributed by atoms with E-state index >= 15 is 0 Å². The molecule has 0 fully saturated rings. The lowest BCUT2D eigenvalue weighted by molar-refractivity contribution is 0.400. The summed E-state index contributed by atoms with van der Waals surface area (Å²) in [5.74, 6) is 0.118. The zero-order chi connectivity index (χ0) is 16.8. The second-order valence-electron chi connectivity index (χ2n) is 5.52. The number of aryl methyl sites for hydroxylation is 1. The Hall–Kier alpha value is -1.99. The molecule has 1 aromatic heterocycles. The molecule has 0 atom stereocenters. The number of para-hydroxylation sites is 1. The predicted octanol–water partition coefficient (Wildman–Crippen LogP) is 3.28. The van der Waals surface area contributed by atoms with Gasteiger partial charge >= 0.3 is 0 Å². The third-order valence-electron chi connectivity index (χ3n) is 3.53. The smallest absolute Gasteiger partial charge is 0.220 e. The summed E-state index contributed by atoms with van der Waals surface area (Å²) in [6.07, 6.45) is 0.975. The summed E-state index contributed by atoms with van der Waals surface area (Å²) in [5.41, 5.74) is 1.39. The van der Waals surface area contributed by atoms with Crippen molar-refractivity contribution in [2.45, 2.75) is 19.9 Å². The van der Waals surface area contributed by atoms with Crippen LogP contribution in [-0.2, 0) is 6.54 Å². The van der Waals surface area contributed by atoms with E-state index in [2.05, 4.69) is 20.4 Å². The fourth-order valence-corrected chi connectivity index (χ4v) is 2.55. The average Bonchev–Trinajstić information content (AvgIpc) is 2.80. The molecule has 0 bridgehead atoms. The first-order chi connectivity index (χ1) is 11.0. The maximum Gasteiger partial charge on any atom is 0.220 e. The van der Waals surface area contributed by atoms with Crippen LogP contribution >= 0.6 is 12.2 Å². The van der Waals surface area contributed by atoms with Gasteiger partial charge in [0.15, 0.2) is 5.69 Å². The van der Waals surface area contributed by atoms with E-state index in [9.17, 15) is 5.11 Å². The molecule has 1 aromatic carbocycles. The fourth-order valence-electron chi connectivity index (χ4n) is 2.41. The number of rotatable bonds is 6. The van der Waals surface area contributed by atoms with Crippen LogP contribution in [0.4, 0.5) is 5.69 Å². The predicted molar refractivity (Wildman–Crippen MR) is 97.6 cm³/mol. The highest BCUT2D eigenvalue weighted by atomic mass is 32.1. The number of nitrogens with one attached hydrogen (secondary N) is 1. The van der Waals surface area contributed by atoms with Crippen molar-refractivity contribution in [2.75, 3.05) is 27.2 Å². The zero-order valence-corrected chi connectivity index (χ0v) is 14.6. The van der Waals surface area contributed by atoms with E-state index in [-0.39, 0.29) is 5.88 Å². The minimum atomic E-state index is 0.118. The van der Waals surface area contributed by atoms with Crippen molar-refractivity contribution < 1.29 is 5.11 Å². The number of hydrogen-bond donors (Lipinski definition) is 2. The molecule has 0 unspecified atom stereocenters. The van der Waals surface area contributed by atoms with Crippen LogP contribution in [0.5, 0.6) is 5.88 Å². The SMILES string of the molecule is CCn1c(O)c(N=NC(=S)NCCCN(C)C)c2ccccc21. The molecule has 1 heterocycles. The van der Waals surface area contributed by atoms with Gasteiger partial charge in [0.1, 0.15) is 0 Å². The summed E-state index contributed by atoms with van der Waals surface area (Å²) in [6.45, 7) is 4.37. The largest absolute Gasteiger partial charge is 0.493 e. The molecule has 0 aliphatic heterocycles. The lowest BCUT2D eigenvalue weighted by Gasteiger charge is -2.09. The second kappa shape index (κ2) is 8.03. The van der Waals surface area contributed by atoms with Gasteiger partial charge in [0.2, 0.25) is 11.0 Å².